The van der Waals surface area contributed by atoms with Gasteiger partial charge in [0, 0.05) is 35.1 Å². The number of anilines is 1. The van der Waals surface area contributed by atoms with Crippen LogP contribution in [0, 0.1) is 18.8 Å². The highest BCUT2D eigenvalue weighted by atomic mass is 32.1. The second-order valence-electron chi connectivity index (χ2n) is 7.13. The quantitative estimate of drug-likeness (QED) is 0.910. The predicted molar refractivity (Wildman–Crippen MR) is 99.8 cm³/mol. The van der Waals surface area contributed by atoms with Crippen molar-refractivity contribution in [1.29, 1.82) is 0 Å². The van der Waals surface area contributed by atoms with E-state index in [1.165, 1.54) is 10.4 Å². The Kier molecular flexibility index (Phi) is 4.12. The van der Waals surface area contributed by atoms with Crippen LogP contribution in [0.2, 0.25) is 0 Å². The highest BCUT2D eigenvalue weighted by molar-refractivity contribution is 7.10. The Morgan fingerprint density at radius 1 is 1.28 bits per heavy atom. The molecule has 0 radical (unpaired) electrons. The number of benzene rings is 1. The number of thiophene rings is 1. The van der Waals surface area contributed by atoms with Crippen LogP contribution in [-0.2, 0) is 17.8 Å². The highest BCUT2D eigenvalue weighted by Gasteiger charge is 2.39. The minimum absolute atomic E-state index is 0.0465. The molecule has 2 atom stereocenters. The summed E-state index contributed by atoms with van der Waals surface area (Å²) in [5.41, 5.74) is 3.54. The van der Waals surface area contributed by atoms with Gasteiger partial charge in [0.2, 0.25) is 5.91 Å². The molecule has 1 fully saturated rings. The molecule has 1 aliphatic heterocycles. The van der Waals surface area contributed by atoms with Crippen LogP contribution in [0.4, 0.5) is 5.69 Å². The number of carbonyl (C=O) groups is 2. The summed E-state index contributed by atoms with van der Waals surface area (Å²) < 4.78 is 0. The summed E-state index contributed by atoms with van der Waals surface area (Å²) in [4.78, 5) is 28.5. The number of rotatable bonds is 3. The zero-order chi connectivity index (χ0) is 17.6. The Labute approximate surface area is 151 Å². The third-order valence-electron chi connectivity index (χ3n) is 5.36. The lowest BCUT2D eigenvalue weighted by Crippen LogP contribution is -2.35. The SMILES string of the molecule is Cc1c(NC(=O)[C@@H]2C[C@@H]2C)cccc1C(=O)N1CCc2sccc2C1. The molecule has 2 aromatic rings. The van der Waals surface area contributed by atoms with Crippen LogP contribution in [0.15, 0.2) is 29.6 Å². The van der Waals surface area contributed by atoms with Crippen LogP contribution in [0.5, 0.6) is 0 Å². The summed E-state index contributed by atoms with van der Waals surface area (Å²) in [7, 11) is 0. The van der Waals surface area contributed by atoms with Crippen molar-refractivity contribution < 1.29 is 9.59 Å². The maximum Gasteiger partial charge on any atom is 0.254 e. The monoisotopic (exact) mass is 354 g/mol. The highest BCUT2D eigenvalue weighted by Crippen LogP contribution is 2.38. The van der Waals surface area contributed by atoms with Crippen molar-refractivity contribution in [1.82, 2.24) is 4.90 Å². The van der Waals surface area contributed by atoms with Crippen molar-refractivity contribution in [3.05, 3.63) is 51.2 Å². The first-order valence-electron chi connectivity index (χ1n) is 8.79. The van der Waals surface area contributed by atoms with Crippen molar-refractivity contribution in [2.75, 3.05) is 11.9 Å². The standard InChI is InChI=1S/C20H22N2O2S/c1-12-10-16(12)19(23)21-17-5-3-4-15(13(17)2)20(24)22-8-6-18-14(11-22)7-9-25-18/h3-5,7,9,12,16H,6,8,10-11H2,1-2H3,(H,21,23)/t12-,16+/m0/s1. The predicted octanol–water partition coefficient (Wildman–Crippen LogP) is 3.85. The largest absolute Gasteiger partial charge is 0.334 e. The molecule has 130 valence electrons. The molecule has 5 heteroatoms. The van der Waals surface area contributed by atoms with Crippen molar-refractivity contribution in [2.45, 2.75) is 33.2 Å². The van der Waals surface area contributed by atoms with Crippen molar-refractivity contribution in [3.63, 3.8) is 0 Å². The molecule has 1 aliphatic carbocycles. The van der Waals surface area contributed by atoms with Gasteiger partial charge in [0.05, 0.1) is 0 Å². The molecule has 1 aromatic carbocycles. The first-order chi connectivity index (χ1) is 12.0. The van der Waals surface area contributed by atoms with E-state index in [-0.39, 0.29) is 17.7 Å². The van der Waals surface area contributed by atoms with Crippen molar-refractivity contribution in [2.24, 2.45) is 11.8 Å². The normalized spacial score (nSPS) is 21.6. The second kappa shape index (κ2) is 6.30. The van der Waals surface area contributed by atoms with Gasteiger partial charge in [-0.25, -0.2) is 0 Å². The van der Waals surface area contributed by atoms with Crippen molar-refractivity contribution in [3.8, 4) is 0 Å². The van der Waals surface area contributed by atoms with Crippen LogP contribution in [-0.4, -0.2) is 23.3 Å². The Balaban J connectivity index is 1.53. The van der Waals surface area contributed by atoms with Crippen LogP contribution < -0.4 is 5.32 Å². The fraction of sp³-hybridized carbons (Fsp3) is 0.400. The number of hydrogen-bond acceptors (Lipinski definition) is 3. The van der Waals surface area contributed by atoms with Gasteiger partial charge in [-0.05, 0) is 60.4 Å². The lowest BCUT2D eigenvalue weighted by Gasteiger charge is -2.28. The van der Waals surface area contributed by atoms with Crippen LogP contribution >= 0.6 is 11.3 Å². The number of amides is 2. The summed E-state index contributed by atoms with van der Waals surface area (Å²) >= 11 is 1.77. The van der Waals surface area contributed by atoms with Gasteiger partial charge in [-0.3, -0.25) is 9.59 Å². The van der Waals surface area contributed by atoms with E-state index in [2.05, 4.69) is 23.7 Å². The summed E-state index contributed by atoms with van der Waals surface area (Å²) in [6, 6.07) is 7.70. The smallest absolute Gasteiger partial charge is 0.254 e. The molecule has 0 bridgehead atoms. The van der Waals surface area contributed by atoms with Gasteiger partial charge in [0.15, 0.2) is 0 Å². The van der Waals surface area contributed by atoms with Gasteiger partial charge < -0.3 is 10.2 Å². The number of hydrogen-bond donors (Lipinski definition) is 1. The van der Waals surface area contributed by atoms with Crippen LogP contribution in [0.25, 0.3) is 0 Å². The molecular formula is C20H22N2O2S. The minimum Gasteiger partial charge on any atom is -0.334 e. The van der Waals surface area contributed by atoms with Crippen LogP contribution in [0.1, 0.15) is 39.7 Å². The van der Waals surface area contributed by atoms with E-state index in [9.17, 15) is 9.59 Å². The third kappa shape index (κ3) is 3.09. The molecule has 0 spiro atoms. The molecule has 2 aliphatic rings. The summed E-state index contributed by atoms with van der Waals surface area (Å²) in [5, 5.41) is 5.10. The molecule has 2 heterocycles. The average molecular weight is 354 g/mol. The second-order valence-corrected chi connectivity index (χ2v) is 8.13. The van der Waals surface area contributed by atoms with E-state index in [0.717, 1.165) is 30.6 Å². The molecule has 4 rings (SSSR count). The first-order valence-corrected chi connectivity index (χ1v) is 9.67. The number of nitrogens with zero attached hydrogens (tertiary/aromatic N) is 1. The summed E-state index contributed by atoms with van der Waals surface area (Å²) in [6.45, 7) is 5.43. The summed E-state index contributed by atoms with van der Waals surface area (Å²) in [5.74, 6) is 0.711. The summed E-state index contributed by atoms with van der Waals surface area (Å²) in [6.07, 6.45) is 1.88. The Bertz CT molecular complexity index is 842. The molecule has 0 unspecified atom stereocenters. The number of nitrogens with one attached hydrogen (secondary N) is 1. The fourth-order valence-corrected chi connectivity index (χ4v) is 4.40. The molecular weight excluding hydrogens is 332 g/mol. The molecule has 4 nitrogen and oxygen atoms in total. The third-order valence-corrected chi connectivity index (χ3v) is 6.39. The van der Waals surface area contributed by atoms with E-state index in [0.29, 0.717) is 18.0 Å². The maximum atomic E-state index is 13.0. The molecule has 0 saturated heterocycles. The molecule has 1 N–H and O–H groups in total. The molecule has 2 amide bonds. The Morgan fingerprint density at radius 3 is 2.84 bits per heavy atom. The number of fused-ring (bicyclic) bond motifs is 1. The van der Waals surface area contributed by atoms with E-state index < -0.39 is 0 Å². The van der Waals surface area contributed by atoms with Gasteiger partial charge in [-0.1, -0.05) is 13.0 Å². The first kappa shape index (κ1) is 16.3. The average Bonchev–Trinajstić information content (AvgIpc) is 3.16. The van der Waals surface area contributed by atoms with Crippen molar-refractivity contribution >= 4 is 28.8 Å². The van der Waals surface area contributed by atoms with Gasteiger partial charge in [0.25, 0.3) is 5.91 Å². The fourth-order valence-electron chi connectivity index (χ4n) is 3.51. The Morgan fingerprint density at radius 2 is 2.08 bits per heavy atom. The Hall–Kier alpha value is -2.14. The lowest BCUT2D eigenvalue weighted by atomic mass is 10.0. The van der Waals surface area contributed by atoms with Gasteiger partial charge >= 0.3 is 0 Å². The van der Waals surface area contributed by atoms with Crippen LogP contribution in [0.3, 0.4) is 0 Å². The van der Waals surface area contributed by atoms with Gasteiger partial charge in [-0.2, -0.15) is 0 Å². The van der Waals surface area contributed by atoms with E-state index >= 15 is 0 Å². The topological polar surface area (TPSA) is 49.4 Å². The van der Waals surface area contributed by atoms with E-state index in [1.54, 1.807) is 11.3 Å². The number of carbonyl (C=O) groups excluding carboxylic acids is 2. The van der Waals surface area contributed by atoms with E-state index in [4.69, 9.17) is 0 Å². The minimum atomic E-state index is 0.0465. The molecule has 1 aromatic heterocycles. The maximum absolute atomic E-state index is 13.0. The van der Waals surface area contributed by atoms with Gasteiger partial charge in [0.1, 0.15) is 0 Å². The molecule has 25 heavy (non-hydrogen) atoms. The lowest BCUT2D eigenvalue weighted by molar-refractivity contribution is -0.117. The zero-order valence-electron chi connectivity index (χ0n) is 14.5. The zero-order valence-corrected chi connectivity index (χ0v) is 15.4. The van der Waals surface area contributed by atoms with Gasteiger partial charge in [-0.15, -0.1) is 11.3 Å². The van der Waals surface area contributed by atoms with E-state index in [1.807, 2.05) is 30.0 Å². The molecule has 1 saturated carbocycles.